The van der Waals surface area contributed by atoms with E-state index in [0.29, 0.717) is 37.1 Å². The number of aliphatic imine (C=N–C) groups is 1. The molecule has 150 valence electrons. The van der Waals surface area contributed by atoms with Gasteiger partial charge in [-0.15, -0.1) is 24.0 Å². The van der Waals surface area contributed by atoms with Gasteiger partial charge in [-0.25, -0.2) is 13.4 Å². The van der Waals surface area contributed by atoms with Gasteiger partial charge < -0.3 is 15.4 Å². The zero-order valence-electron chi connectivity index (χ0n) is 15.7. The summed E-state index contributed by atoms with van der Waals surface area (Å²) in [6.45, 7) is 7.53. The highest BCUT2D eigenvalue weighted by Crippen LogP contribution is 2.24. The Bertz CT molecular complexity index is 684. The Morgan fingerprint density at radius 1 is 1.35 bits per heavy atom. The molecule has 0 saturated heterocycles. The summed E-state index contributed by atoms with van der Waals surface area (Å²) >= 11 is 6.02. The standard InChI is InChI=1S/C17H28ClN3O3S.HI/c1-5-19-17(21-13(3)9-10-25(4,22)23)20-12-14-7-8-15(18)11-16(14)24-6-2;/h7-8,11,13H,5-6,9-10,12H2,1-4H3,(H2,19,20,21);1H. The van der Waals surface area contributed by atoms with Gasteiger partial charge in [-0.3, -0.25) is 0 Å². The molecule has 2 N–H and O–H groups in total. The first-order valence-corrected chi connectivity index (χ1v) is 10.8. The average molecular weight is 518 g/mol. The van der Waals surface area contributed by atoms with Crippen LogP contribution in [0.25, 0.3) is 0 Å². The largest absolute Gasteiger partial charge is 0.493 e. The van der Waals surface area contributed by atoms with Gasteiger partial charge in [0.15, 0.2) is 5.96 Å². The topological polar surface area (TPSA) is 79.8 Å². The van der Waals surface area contributed by atoms with Crippen LogP contribution in [0.5, 0.6) is 5.75 Å². The highest BCUT2D eigenvalue weighted by atomic mass is 127. The summed E-state index contributed by atoms with van der Waals surface area (Å²) in [6, 6.07) is 5.48. The molecule has 0 saturated carbocycles. The molecule has 0 aliphatic rings. The van der Waals surface area contributed by atoms with E-state index in [-0.39, 0.29) is 35.8 Å². The van der Waals surface area contributed by atoms with E-state index >= 15 is 0 Å². The molecule has 0 aliphatic carbocycles. The zero-order valence-corrected chi connectivity index (χ0v) is 19.6. The monoisotopic (exact) mass is 517 g/mol. The lowest BCUT2D eigenvalue weighted by Gasteiger charge is -2.18. The van der Waals surface area contributed by atoms with Crippen molar-refractivity contribution in [2.75, 3.05) is 25.2 Å². The molecule has 0 radical (unpaired) electrons. The Morgan fingerprint density at radius 3 is 2.62 bits per heavy atom. The first-order valence-electron chi connectivity index (χ1n) is 8.39. The van der Waals surface area contributed by atoms with Crippen LogP contribution < -0.4 is 15.4 Å². The number of hydrogen-bond acceptors (Lipinski definition) is 4. The van der Waals surface area contributed by atoms with E-state index in [1.165, 1.54) is 6.26 Å². The fraction of sp³-hybridized carbons (Fsp3) is 0.588. The molecule has 1 unspecified atom stereocenters. The van der Waals surface area contributed by atoms with Gasteiger partial charge in [0.05, 0.1) is 18.9 Å². The van der Waals surface area contributed by atoms with Crippen LogP contribution in [0, 0.1) is 0 Å². The summed E-state index contributed by atoms with van der Waals surface area (Å²) in [5.41, 5.74) is 0.937. The molecule has 1 rings (SSSR count). The summed E-state index contributed by atoms with van der Waals surface area (Å²) in [5.74, 6) is 1.51. The Labute approximate surface area is 179 Å². The normalized spacial score (nSPS) is 12.9. The van der Waals surface area contributed by atoms with E-state index in [1.807, 2.05) is 32.9 Å². The van der Waals surface area contributed by atoms with Crippen LogP contribution >= 0.6 is 35.6 Å². The molecule has 0 bridgehead atoms. The van der Waals surface area contributed by atoms with E-state index in [1.54, 1.807) is 6.07 Å². The minimum atomic E-state index is -2.97. The lowest BCUT2D eigenvalue weighted by atomic mass is 10.2. The molecular weight excluding hydrogens is 489 g/mol. The molecule has 0 aliphatic heterocycles. The Hall–Kier alpha value is -0.740. The van der Waals surface area contributed by atoms with Gasteiger partial charge in [0.25, 0.3) is 0 Å². The highest BCUT2D eigenvalue weighted by Gasteiger charge is 2.10. The predicted octanol–water partition coefficient (Wildman–Crippen LogP) is 3.24. The van der Waals surface area contributed by atoms with Crippen molar-refractivity contribution in [1.82, 2.24) is 10.6 Å². The molecule has 0 fully saturated rings. The van der Waals surface area contributed by atoms with Gasteiger partial charge in [-0.05, 0) is 39.3 Å². The predicted molar refractivity (Wildman–Crippen MR) is 120 cm³/mol. The van der Waals surface area contributed by atoms with Gasteiger partial charge in [-0.2, -0.15) is 0 Å². The second-order valence-corrected chi connectivity index (χ2v) is 8.54. The lowest BCUT2D eigenvalue weighted by molar-refractivity contribution is 0.336. The minimum Gasteiger partial charge on any atom is -0.493 e. The zero-order chi connectivity index (χ0) is 18.9. The molecule has 1 aromatic rings. The highest BCUT2D eigenvalue weighted by molar-refractivity contribution is 14.0. The maximum absolute atomic E-state index is 11.3. The van der Waals surface area contributed by atoms with Crippen LogP contribution in [0.3, 0.4) is 0 Å². The average Bonchev–Trinajstić information content (AvgIpc) is 2.52. The molecule has 0 spiro atoms. The molecular formula is C17H29ClIN3O3S. The number of benzene rings is 1. The van der Waals surface area contributed by atoms with Crippen molar-refractivity contribution >= 4 is 51.4 Å². The second kappa shape index (κ2) is 12.6. The molecule has 1 atom stereocenters. The Morgan fingerprint density at radius 2 is 2.04 bits per heavy atom. The SMILES string of the molecule is CCNC(=NCc1ccc(Cl)cc1OCC)NC(C)CCS(C)(=O)=O.I. The minimum absolute atomic E-state index is 0. The van der Waals surface area contributed by atoms with E-state index in [0.717, 1.165) is 11.3 Å². The smallest absolute Gasteiger partial charge is 0.191 e. The first kappa shape index (κ1) is 25.3. The van der Waals surface area contributed by atoms with Crippen LogP contribution in [-0.4, -0.2) is 45.6 Å². The van der Waals surface area contributed by atoms with Crippen molar-refractivity contribution < 1.29 is 13.2 Å². The molecule has 0 amide bonds. The van der Waals surface area contributed by atoms with Crippen molar-refractivity contribution in [3.8, 4) is 5.75 Å². The summed E-state index contributed by atoms with van der Waals surface area (Å²) in [7, 11) is -2.97. The van der Waals surface area contributed by atoms with Crippen molar-refractivity contribution in [1.29, 1.82) is 0 Å². The second-order valence-electron chi connectivity index (χ2n) is 5.84. The number of sulfone groups is 1. The number of rotatable bonds is 9. The molecule has 26 heavy (non-hydrogen) atoms. The molecule has 0 heterocycles. The van der Waals surface area contributed by atoms with E-state index < -0.39 is 9.84 Å². The maximum atomic E-state index is 11.3. The van der Waals surface area contributed by atoms with Gasteiger partial charge in [0.2, 0.25) is 0 Å². The number of hydrogen-bond donors (Lipinski definition) is 2. The van der Waals surface area contributed by atoms with E-state index in [9.17, 15) is 8.42 Å². The van der Waals surface area contributed by atoms with Gasteiger partial charge in [0.1, 0.15) is 15.6 Å². The molecule has 0 aromatic heterocycles. The van der Waals surface area contributed by atoms with Crippen LogP contribution in [0.2, 0.25) is 5.02 Å². The van der Waals surface area contributed by atoms with Crippen LogP contribution in [-0.2, 0) is 16.4 Å². The van der Waals surface area contributed by atoms with Gasteiger partial charge in [0, 0.05) is 29.4 Å². The summed E-state index contributed by atoms with van der Waals surface area (Å²) in [4.78, 5) is 4.56. The maximum Gasteiger partial charge on any atom is 0.191 e. The lowest BCUT2D eigenvalue weighted by Crippen LogP contribution is -2.42. The van der Waals surface area contributed by atoms with Crippen molar-refractivity contribution in [3.63, 3.8) is 0 Å². The third kappa shape index (κ3) is 10.4. The number of nitrogens with zero attached hydrogens (tertiary/aromatic N) is 1. The van der Waals surface area contributed by atoms with Gasteiger partial charge in [-0.1, -0.05) is 17.7 Å². The number of halogens is 2. The number of nitrogens with one attached hydrogen (secondary N) is 2. The quantitative estimate of drug-likeness (QED) is 0.299. The summed E-state index contributed by atoms with van der Waals surface area (Å²) in [6.07, 6.45) is 1.77. The fourth-order valence-electron chi connectivity index (χ4n) is 2.13. The molecule has 9 heteroatoms. The summed E-state index contributed by atoms with van der Waals surface area (Å²) < 4.78 is 28.2. The summed E-state index contributed by atoms with van der Waals surface area (Å²) in [5, 5.41) is 7.02. The molecule has 6 nitrogen and oxygen atoms in total. The third-order valence-corrected chi connectivity index (χ3v) is 4.60. The third-order valence-electron chi connectivity index (χ3n) is 3.39. The number of guanidine groups is 1. The van der Waals surface area contributed by atoms with Gasteiger partial charge >= 0.3 is 0 Å². The van der Waals surface area contributed by atoms with E-state index in [4.69, 9.17) is 16.3 Å². The fourth-order valence-corrected chi connectivity index (χ4v) is 3.07. The Balaban J connectivity index is 0.00000625. The Kier molecular flexibility index (Phi) is 12.3. The first-order chi connectivity index (χ1) is 11.7. The number of ether oxygens (including phenoxy) is 1. The van der Waals surface area contributed by atoms with Crippen LogP contribution in [0.4, 0.5) is 0 Å². The van der Waals surface area contributed by atoms with E-state index in [2.05, 4.69) is 15.6 Å². The van der Waals surface area contributed by atoms with Crippen molar-refractivity contribution in [2.45, 2.75) is 39.8 Å². The van der Waals surface area contributed by atoms with Crippen LogP contribution in [0.15, 0.2) is 23.2 Å². The van der Waals surface area contributed by atoms with Crippen molar-refractivity contribution in [3.05, 3.63) is 28.8 Å². The molecule has 1 aromatic carbocycles. The van der Waals surface area contributed by atoms with Crippen molar-refractivity contribution in [2.24, 2.45) is 4.99 Å². The van der Waals surface area contributed by atoms with Crippen LogP contribution in [0.1, 0.15) is 32.8 Å².